The number of aromatic nitrogens is 1. The second kappa shape index (κ2) is 9.66. The van der Waals surface area contributed by atoms with Crippen molar-refractivity contribution < 1.29 is 13.9 Å². The Hall–Kier alpha value is -2.19. The summed E-state index contributed by atoms with van der Waals surface area (Å²) in [6.45, 7) is 6.64. The summed E-state index contributed by atoms with van der Waals surface area (Å²) in [6.07, 6.45) is 3.53. The number of benzene rings is 1. The van der Waals surface area contributed by atoms with E-state index in [1.807, 2.05) is 13.1 Å². The van der Waals surface area contributed by atoms with Gasteiger partial charge in [-0.3, -0.25) is 0 Å². The second-order valence-corrected chi connectivity index (χ2v) is 7.31. The molecule has 2 N–H and O–H groups in total. The lowest BCUT2D eigenvalue weighted by atomic mass is 10.1. The lowest BCUT2D eigenvalue weighted by molar-refractivity contribution is -0.0172. The minimum absolute atomic E-state index is 0.205. The van der Waals surface area contributed by atoms with Crippen molar-refractivity contribution in [3.8, 4) is 5.75 Å². The van der Waals surface area contributed by atoms with E-state index in [1.165, 1.54) is 17.0 Å². The van der Waals surface area contributed by atoms with Gasteiger partial charge in [0, 0.05) is 29.7 Å². The number of thiazole rings is 1. The van der Waals surface area contributed by atoms with Gasteiger partial charge in [-0.1, -0.05) is 6.92 Å². The molecular weight excluding hydrogens is 367 g/mol. The maximum absolute atomic E-state index is 13.8. The van der Waals surface area contributed by atoms with Gasteiger partial charge in [-0.15, -0.1) is 11.3 Å². The summed E-state index contributed by atoms with van der Waals surface area (Å²) in [6, 6.07) is 2.99. The molecule has 1 aromatic heterocycles. The van der Waals surface area contributed by atoms with Crippen molar-refractivity contribution in [2.75, 3.05) is 19.9 Å². The number of fused-ring (bicyclic) bond motifs is 1. The molecule has 0 aliphatic carbocycles. The predicted octanol–water partition coefficient (Wildman–Crippen LogP) is 3.01. The molecule has 0 unspecified atom stereocenters. The summed E-state index contributed by atoms with van der Waals surface area (Å²) >= 11 is 1.69. The van der Waals surface area contributed by atoms with Crippen molar-refractivity contribution in [2.45, 2.75) is 39.8 Å². The topological polar surface area (TPSA) is 67.8 Å². The first-order valence-corrected chi connectivity index (χ1v) is 9.98. The number of hydrogen-bond acceptors (Lipinski definition) is 5. The van der Waals surface area contributed by atoms with Crippen molar-refractivity contribution in [1.82, 2.24) is 15.6 Å². The quantitative estimate of drug-likeness (QED) is 0.560. The first-order valence-electron chi connectivity index (χ1n) is 9.17. The summed E-state index contributed by atoms with van der Waals surface area (Å²) in [5.74, 6) is 1.19. The van der Waals surface area contributed by atoms with Gasteiger partial charge in [0.15, 0.2) is 12.8 Å². The molecule has 3 rings (SSSR count). The normalized spacial score (nSPS) is 13.8. The molecule has 0 saturated carbocycles. The van der Waals surface area contributed by atoms with Gasteiger partial charge in [0.2, 0.25) is 0 Å². The third kappa shape index (κ3) is 5.40. The number of halogens is 1. The molecule has 2 aromatic rings. The fourth-order valence-corrected chi connectivity index (χ4v) is 3.62. The van der Waals surface area contributed by atoms with Crippen LogP contribution in [0.1, 0.15) is 34.9 Å². The summed E-state index contributed by atoms with van der Waals surface area (Å²) in [7, 11) is 0. The van der Waals surface area contributed by atoms with E-state index in [9.17, 15) is 4.39 Å². The van der Waals surface area contributed by atoms with Crippen molar-refractivity contribution in [2.24, 2.45) is 4.99 Å². The summed E-state index contributed by atoms with van der Waals surface area (Å²) < 4.78 is 24.6. The fraction of sp³-hybridized carbons (Fsp3) is 0.474. The Bertz CT molecular complexity index is 794. The number of aryl methyl sites for hydroxylation is 1. The molecule has 1 aliphatic heterocycles. The highest BCUT2D eigenvalue weighted by molar-refractivity contribution is 7.11. The fourth-order valence-electron chi connectivity index (χ4n) is 2.83. The minimum Gasteiger partial charge on any atom is -0.467 e. The smallest absolute Gasteiger partial charge is 0.191 e. The molecule has 1 aromatic carbocycles. The van der Waals surface area contributed by atoms with Gasteiger partial charge >= 0.3 is 0 Å². The molecule has 6 nitrogen and oxygen atoms in total. The second-order valence-electron chi connectivity index (χ2n) is 6.11. The number of hydrogen-bond donors (Lipinski definition) is 2. The number of nitrogens with one attached hydrogen (secondary N) is 2. The zero-order chi connectivity index (χ0) is 19.1. The van der Waals surface area contributed by atoms with E-state index in [-0.39, 0.29) is 12.6 Å². The Morgan fingerprint density at radius 2 is 2.22 bits per heavy atom. The van der Waals surface area contributed by atoms with E-state index in [1.54, 1.807) is 11.3 Å². The third-order valence-electron chi connectivity index (χ3n) is 4.11. The maximum Gasteiger partial charge on any atom is 0.191 e. The van der Waals surface area contributed by atoms with Gasteiger partial charge < -0.3 is 20.1 Å². The molecular formula is C19H25FN4O2S. The van der Waals surface area contributed by atoms with Crippen LogP contribution in [0, 0.1) is 5.82 Å². The molecule has 0 fully saturated rings. The van der Waals surface area contributed by atoms with Crippen LogP contribution in [0.4, 0.5) is 4.39 Å². The highest BCUT2D eigenvalue weighted by Crippen LogP contribution is 2.29. The average Bonchev–Trinajstić information content (AvgIpc) is 3.14. The van der Waals surface area contributed by atoms with E-state index in [0.29, 0.717) is 26.1 Å². The molecule has 8 heteroatoms. The monoisotopic (exact) mass is 392 g/mol. The van der Waals surface area contributed by atoms with Gasteiger partial charge in [0.25, 0.3) is 0 Å². The molecule has 146 valence electrons. The van der Waals surface area contributed by atoms with Crippen LogP contribution in [0.15, 0.2) is 23.3 Å². The van der Waals surface area contributed by atoms with Crippen LogP contribution < -0.4 is 15.4 Å². The summed E-state index contributed by atoms with van der Waals surface area (Å²) in [5, 5.41) is 7.51. The Morgan fingerprint density at radius 1 is 1.33 bits per heavy atom. The Kier molecular flexibility index (Phi) is 7.00. The minimum atomic E-state index is -0.270. The highest BCUT2D eigenvalue weighted by Gasteiger charge is 2.16. The number of guanidine groups is 1. The van der Waals surface area contributed by atoms with Crippen LogP contribution in [-0.4, -0.2) is 30.8 Å². The molecule has 0 amide bonds. The van der Waals surface area contributed by atoms with Gasteiger partial charge in [-0.05, 0) is 37.5 Å². The van der Waals surface area contributed by atoms with E-state index in [4.69, 9.17) is 9.47 Å². The standard InChI is InChI=1S/C19H25FN4O2S/c1-3-16-9-23-17(27-16)10-24-19(21-4-2)22-6-5-13-7-15(20)8-14-11-25-12-26-18(13)14/h7-9H,3-6,10-12H2,1-2H3,(H2,21,22,24). The molecule has 0 saturated heterocycles. The zero-order valence-electron chi connectivity index (χ0n) is 15.7. The highest BCUT2D eigenvalue weighted by atomic mass is 32.1. The Morgan fingerprint density at radius 3 is 3.00 bits per heavy atom. The SMILES string of the molecule is CCNC(=NCc1ncc(CC)s1)NCCc1cc(F)cc2c1OCOC2. The molecule has 0 atom stereocenters. The van der Waals surface area contributed by atoms with Crippen molar-refractivity contribution in [3.63, 3.8) is 0 Å². The number of nitrogens with zero attached hydrogens (tertiary/aromatic N) is 2. The van der Waals surface area contributed by atoms with Crippen molar-refractivity contribution in [1.29, 1.82) is 0 Å². The van der Waals surface area contributed by atoms with Crippen LogP contribution >= 0.6 is 11.3 Å². The number of rotatable bonds is 7. The molecule has 0 radical (unpaired) electrons. The van der Waals surface area contributed by atoms with Gasteiger partial charge in [0.05, 0.1) is 13.2 Å². The predicted molar refractivity (Wildman–Crippen MR) is 105 cm³/mol. The molecule has 2 heterocycles. The van der Waals surface area contributed by atoms with Crippen LogP contribution in [0.3, 0.4) is 0 Å². The first kappa shape index (κ1) is 19.6. The third-order valence-corrected chi connectivity index (χ3v) is 5.23. The first-order chi connectivity index (χ1) is 13.2. The van der Waals surface area contributed by atoms with Gasteiger partial charge in [-0.2, -0.15) is 0 Å². The van der Waals surface area contributed by atoms with Gasteiger partial charge in [0.1, 0.15) is 16.6 Å². The van der Waals surface area contributed by atoms with Crippen molar-refractivity contribution in [3.05, 3.63) is 45.2 Å². The van der Waals surface area contributed by atoms with Crippen LogP contribution in [0.25, 0.3) is 0 Å². The van der Waals surface area contributed by atoms with E-state index in [0.717, 1.165) is 40.8 Å². The number of aliphatic imine (C=N–C) groups is 1. The Labute approximate surface area is 162 Å². The van der Waals surface area contributed by atoms with Gasteiger partial charge in [-0.25, -0.2) is 14.4 Å². The lowest BCUT2D eigenvalue weighted by Crippen LogP contribution is -2.38. The van der Waals surface area contributed by atoms with Crippen LogP contribution in [0.5, 0.6) is 5.75 Å². The van der Waals surface area contributed by atoms with E-state index < -0.39 is 0 Å². The molecule has 0 spiro atoms. The number of ether oxygens (including phenoxy) is 2. The lowest BCUT2D eigenvalue weighted by Gasteiger charge is -2.21. The maximum atomic E-state index is 13.8. The van der Waals surface area contributed by atoms with Crippen molar-refractivity contribution >= 4 is 17.3 Å². The average molecular weight is 393 g/mol. The Balaban J connectivity index is 1.59. The molecule has 27 heavy (non-hydrogen) atoms. The largest absolute Gasteiger partial charge is 0.467 e. The van der Waals surface area contributed by atoms with Crippen LogP contribution in [0.2, 0.25) is 0 Å². The zero-order valence-corrected chi connectivity index (χ0v) is 16.5. The molecule has 0 bridgehead atoms. The summed E-state index contributed by atoms with van der Waals surface area (Å²) in [5.41, 5.74) is 1.59. The van der Waals surface area contributed by atoms with E-state index >= 15 is 0 Å². The molecule has 1 aliphatic rings. The summed E-state index contributed by atoms with van der Waals surface area (Å²) in [4.78, 5) is 10.2. The van der Waals surface area contributed by atoms with Crippen LogP contribution in [-0.2, 0) is 30.7 Å². The van der Waals surface area contributed by atoms with E-state index in [2.05, 4.69) is 27.5 Å².